The van der Waals surface area contributed by atoms with Crippen molar-refractivity contribution < 1.29 is 18.0 Å². The summed E-state index contributed by atoms with van der Waals surface area (Å²) in [5.74, 6) is -1.40. The summed E-state index contributed by atoms with van der Waals surface area (Å²) in [6.07, 6.45) is 2.97. The van der Waals surface area contributed by atoms with Gasteiger partial charge in [0.05, 0.1) is 16.1 Å². The number of halogens is 1. The molecule has 0 aliphatic carbocycles. The van der Waals surface area contributed by atoms with Crippen molar-refractivity contribution in [2.75, 3.05) is 5.32 Å². The van der Waals surface area contributed by atoms with Gasteiger partial charge in [-0.3, -0.25) is 9.59 Å². The van der Waals surface area contributed by atoms with Gasteiger partial charge in [0.15, 0.2) is 0 Å². The van der Waals surface area contributed by atoms with E-state index in [1.807, 2.05) is 47.2 Å². The minimum Gasteiger partial charge on any atom is -0.322 e. The van der Waals surface area contributed by atoms with Gasteiger partial charge in [-0.25, -0.2) is 13.1 Å². The van der Waals surface area contributed by atoms with Crippen molar-refractivity contribution in [2.24, 2.45) is 0 Å². The fourth-order valence-electron chi connectivity index (χ4n) is 3.31. The van der Waals surface area contributed by atoms with Crippen LogP contribution >= 0.6 is 11.6 Å². The molecule has 2 N–H and O–H groups in total. The molecule has 0 saturated heterocycles. The van der Waals surface area contributed by atoms with Crippen LogP contribution in [-0.2, 0) is 14.8 Å². The van der Waals surface area contributed by atoms with Crippen molar-refractivity contribution in [3.63, 3.8) is 0 Å². The number of hydrogen-bond acceptors (Lipinski definition) is 4. The third-order valence-corrected chi connectivity index (χ3v) is 6.55. The second-order valence-electron chi connectivity index (χ2n) is 7.37. The van der Waals surface area contributed by atoms with Gasteiger partial charge in [0.25, 0.3) is 15.9 Å². The number of rotatable bonds is 6. The highest BCUT2D eigenvalue weighted by Crippen LogP contribution is 2.22. The van der Waals surface area contributed by atoms with E-state index in [0.717, 1.165) is 16.3 Å². The molecule has 0 atom stereocenters. The predicted octanol–water partition coefficient (Wildman–Crippen LogP) is 5.26. The van der Waals surface area contributed by atoms with E-state index in [1.54, 1.807) is 24.3 Å². The first-order chi connectivity index (χ1) is 16.3. The molecule has 0 spiro atoms. The molecule has 4 rings (SSSR count). The maximum absolute atomic E-state index is 12.7. The van der Waals surface area contributed by atoms with Crippen molar-refractivity contribution in [3.05, 3.63) is 113 Å². The topological polar surface area (TPSA) is 92.3 Å². The second-order valence-corrected chi connectivity index (χ2v) is 9.49. The molecule has 0 radical (unpaired) electrons. The quantitative estimate of drug-likeness (QED) is 0.360. The van der Waals surface area contributed by atoms with Gasteiger partial charge in [-0.2, -0.15) is 0 Å². The third-order valence-electron chi connectivity index (χ3n) is 4.97. The van der Waals surface area contributed by atoms with Gasteiger partial charge >= 0.3 is 0 Å². The number of benzene rings is 4. The molecule has 0 saturated carbocycles. The van der Waals surface area contributed by atoms with Gasteiger partial charge in [-0.1, -0.05) is 66.2 Å². The van der Waals surface area contributed by atoms with Crippen LogP contribution in [0.3, 0.4) is 0 Å². The van der Waals surface area contributed by atoms with E-state index in [4.69, 9.17) is 11.6 Å². The molecule has 2 amide bonds. The van der Waals surface area contributed by atoms with Crippen molar-refractivity contribution in [1.82, 2.24) is 4.72 Å². The minimum atomic E-state index is -4.09. The highest BCUT2D eigenvalue weighted by atomic mass is 35.5. The lowest BCUT2D eigenvalue weighted by atomic mass is 10.1. The lowest BCUT2D eigenvalue weighted by Gasteiger charge is -2.11. The highest BCUT2D eigenvalue weighted by Gasteiger charge is 2.21. The summed E-state index contributed by atoms with van der Waals surface area (Å²) in [6.45, 7) is 0. The van der Waals surface area contributed by atoms with Gasteiger partial charge in [-0.15, -0.1) is 0 Å². The largest absolute Gasteiger partial charge is 0.322 e. The van der Waals surface area contributed by atoms with E-state index in [0.29, 0.717) is 0 Å². The Morgan fingerprint density at radius 2 is 1.50 bits per heavy atom. The Bertz CT molecular complexity index is 1520. The summed E-state index contributed by atoms with van der Waals surface area (Å²) < 4.78 is 27.0. The average Bonchev–Trinajstić information content (AvgIpc) is 2.83. The second kappa shape index (κ2) is 9.91. The van der Waals surface area contributed by atoms with E-state index in [2.05, 4.69) is 5.32 Å². The molecule has 170 valence electrons. The SMILES string of the molecule is O=C(/C=C/c1ccc2ccccc2c1)Nc1cc(Cl)ccc1C(=O)NS(=O)(=O)c1ccccc1. The van der Waals surface area contributed by atoms with E-state index in [1.165, 1.54) is 36.4 Å². The summed E-state index contributed by atoms with van der Waals surface area (Å²) in [5, 5.41) is 5.00. The lowest BCUT2D eigenvalue weighted by Crippen LogP contribution is -2.31. The molecule has 34 heavy (non-hydrogen) atoms. The Hall–Kier alpha value is -3.94. The number of carbonyl (C=O) groups excluding carboxylic acids is 2. The van der Waals surface area contributed by atoms with Gasteiger partial charge in [0.1, 0.15) is 0 Å². The summed E-state index contributed by atoms with van der Waals surface area (Å²) in [7, 11) is -4.09. The van der Waals surface area contributed by atoms with Crippen LogP contribution in [0.5, 0.6) is 0 Å². The average molecular weight is 491 g/mol. The zero-order chi connectivity index (χ0) is 24.1. The number of hydrogen-bond donors (Lipinski definition) is 2. The molecule has 0 aliphatic rings. The molecule has 0 heterocycles. The first-order valence-electron chi connectivity index (χ1n) is 10.2. The summed E-state index contributed by atoms with van der Waals surface area (Å²) in [4.78, 5) is 25.2. The minimum absolute atomic E-state index is 0.0450. The van der Waals surface area contributed by atoms with Gasteiger partial charge in [0, 0.05) is 11.1 Å². The first-order valence-corrected chi connectivity index (χ1v) is 12.1. The smallest absolute Gasteiger partial charge is 0.267 e. The summed E-state index contributed by atoms with van der Waals surface area (Å²) in [6, 6.07) is 25.3. The molecule has 0 bridgehead atoms. The number of fused-ring (bicyclic) bond motifs is 1. The summed E-state index contributed by atoms with van der Waals surface area (Å²) >= 11 is 6.04. The van der Waals surface area contributed by atoms with Crippen molar-refractivity contribution in [2.45, 2.75) is 4.90 Å². The van der Waals surface area contributed by atoms with E-state index < -0.39 is 21.8 Å². The van der Waals surface area contributed by atoms with Crippen LogP contribution in [0.2, 0.25) is 5.02 Å². The fourth-order valence-corrected chi connectivity index (χ4v) is 4.47. The molecule has 0 aromatic heterocycles. The molecule has 0 unspecified atom stereocenters. The van der Waals surface area contributed by atoms with Crippen LogP contribution in [0.25, 0.3) is 16.8 Å². The molecular weight excluding hydrogens is 472 g/mol. The van der Waals surface area contributed by atoms with Gasteiger partial charge < -0.3 is 5.32 Å². The number of anilines is 1. The monoisotopic (exact) mass is 490 g/mol. The third kappa shape index (κ3) is 5.51. The zero-order valence-corrected chi connectivity index (χ0v) is 19.3. The van der Waals surface area contributed by atoms with E-state index >= 15 is 0 Å². The molecule has 0 fully saturated rings. The molecule has 8 heteroatoms. The van der Waals surface area contributed by atoms with E-state index in [-0.39, 0.29) is 21.2 Å². The molecule has 6 nitrogen and oxygen atoms in total. The molecule has 4 aromatic carbocycles. The Morgan fingerprint density at radius 1 is 0.794 bits per heavy atom. The van der Waals surface area contributed by atoms with E-state index in [9.17, 15) is 18.0 Å². The van der Waals surface area contributed by atoms with Crippen LogP contribution < -0.4 is 10.0 Å². The normalized spacial score (nSPS) is 11.4. The molecular formula is C26H19ClN2O4S. The Morgan fingerprint density at radius 3 is 2.26 bits per heavy atom. The number of sulfonamides is 1. The van der Waals surface area contributed by atoms with Crippen LogP contribution in [0.4, 0.5) is 5.69 Å². The maximum Gasteiger partial charge on any atom is 0.267 e. The van der Waals surface area contributed by atoms with Gasteiger partial charge in [-0.05, 0) is 58.8 Å². The van der Waals surface area contributed by atoms with Crippen LogP contribution in [0.1, 0.15) is 15.9 Å². The summed E-state index contributed by atoms with van der Waals surface area (Å²) in [5.41, 5.74) is 0.865. The standard InChI is InChI=1S/C26H19ClN2O4S/c27-21-13-14-23(26(31)29-34(32,33)22-8-2-1-3-9-22)24(17-21)28-25(30)15-11-18-10-12-19-6-4-5-7-20(19)16-18/h1-17H,(H,28,30)(H,29,31)/b15-11+. The Labute approximate surface area is 201 Å². The van der Waals surface area contributed by atoms with Crippen molar-refractivity contribution in [3.8, 4) is 0 Å². The van der Waals surface area contributed by atoms with Gasteiger partial charge in [0.2, 0.25) is 5.91 Å². The van der Waals surface area contributed by atoms with Crippen molar-refractivity contribution >= 4 is 56.0 Å². The lowest BCUT2D eigenvalue weighted by molar-refractivity contribution is -0.111. The number of amides is 2. The van der Waals surface area contributed by atoms with Crippen LogP contribution in [0, 0.1) is 0 Å². The van der Waals surface area contributed by atoms with Crippen LogP contribution in [-0.4, -0.2) is 20.2 Å². The number of carbonyl (C=O) groups is 2. The predicted molar refractivity (Wildman–Crippen MR) is 134 cm³/mol. The maximum atomic E-state index is 12.7. The molecule has 4 aromatic rings. The fraction of sp³-hybridized carbons (Fsp3) is 0. The zero-order valence-electron chi connectivity index (χ0n) is 17.7. The first kappa shape index (κ1) is 23.2. The highest BCUT2D eigenvalue weighted by molar-refractivity contribution is 7.90. The number of nitrogens with one attached hydrogen (secondary N) is 2. The van der Waals surface area contributed by atoms with Crippen LogP contribution in [0.15, 0.2) is 102 Å². The molecule has 0 aliphatic heterocycles. The van der Waals surface area contributed by atoms with Crippen molar-refractivity contribution in [1.29, 1.82) is 0 Å². The Balaban J connectivity index is 1.52. The Kier molecular flexibility index (Phi) is 6.77.